The summed E-state index contributed by atoms with van der Waals surface area (Å²) in [5.41, 5.74) is 1.16. The van der Waals surface area contributed by atoms with Gasteiger partial charge >= 0.3 is 0 Å². The average Bonchev–Trinajstić information content (AvgIpc) is 3.05. The van der Waals surface area contributed by atoms with Gasteiger partial charge in [-0.15, -0.1) is 0 Å². The largest absolute Gasteiger partial charge is 0.343 e. The Hall–Kier alpha value is -2.70. The van der Waals surface area contributed by atoms with E-state index in [1.54, 1.807) is 0 Å². The van der Waals surface area contributed by atoms with Crippen molar-refractivity contribution < 1.29 is 14.4 Å². The van der Waals surface area contributed by atoms with E-state index in [1.807, 2.05) is 35.2 Å². The van der Waals surface area contributed by atoms with Crippen LogP contribution in [0.2, 0.25) is 0 Å². The molecule has 0 unspecified atom stereocenters. The maximum Gasteiger partial charge on any atom is 0.248 e. The molecule has 3 amide bonds. The predicted octanol–water partition coefficient (Wildman–Crippen LogP) is 0.460. The van der Waals surface area contributed by atoms with Crippen LogP contribution in [0.4, 0.5) is 0 Å². The molecule has 1 saturated heterocycles. The van der Waals surface area contributed by atoms with E-state index in [0.717, 1.165) is 12.0 Å². The molecule has 7 nitrogen and oxygen atoms in total. The summed E-state index contributed by atoms with van der Waals surface area (Å²) in [7, 11) is 0. The molecule has 2 aliphatic heterocycles. The molecule has 2 heterocycles. The number of piperidine rings is 1. The average molecular weight is 342 g/mol. The fourth-order valence-corrected chi connectivity index (χ4v) is 3.10. The van der Waals surface area contributed by atoms with Crippen molar-refractivity contribution in [3.8, 4) is 0 Å². The maximum atomic E-state index is 12.3. The lowest BCUT2D eigenvalue weighted by Gasteiger charge is -2.31. The van der Waals surface area contributed by atoms with Gasteiger partial charge in [-0.1, -0.05) is 30.3 Å². The number of guanidine groups is 1. The van der Waals surface area contributed by atoms with E-state index in [-0.39, 0.29) is 36.1 Å². The van der Waals surface area contributed by atoms with Crippen LogP contribution in [0.25, 0.3) is 0 Å². The Morgan fingerprint density at radius 1 is 1.20 bits per heavy atom. The maximum absolute atomic E-state index is 12.3. The molecule has 1 aromatic carbocycles. The first-order valence-corrected chi connectivity index (χ1v) is 8.58. The second-order valence-corrected chi connectivity index (χ2v) is 6.34. The van der Waals surface area contributed by atoms with Crippen LogP contribution < -0.4 is 10.6 Å². The van der Waals surface area contributed by atoms with Crippen molar-refractivity contribution >= 4 is 23.7 Å². The van der Waals surface area contributed by atoms with Gasteiger partial charge in [0.25, 0.3) is 0 Å². The number of benzene rings is 1. The zero-order valence-corrected chi connectivity index (χ0v) is 14.0. The van der Waals surface area contributed by atoms with E-state index in [2.05, 4.69) is 15.6 Å². The van der Waals surface area contributed by atoms with Gasteiger partial charge < -0.3 is 4.90 Å². The number of carbonyl (C=O) groups is 3. The van der Waals surface area contributed by atoms with Gasteiger partial charge in [-0.25, -0.2) is 4.99 Å². The molecule has 2 N–H and O–H groups in total. The van der Waals surface area contributed by atoms with Crippen LogP contribution in [0.1, 0.15) is 24.8 Å². The van der Waals surface area contributed by atoms with Gasteiger partial charge in [-0.05, 0) is 24.8 Å². The minimum absolute atomic E-state index is 0.0595. The van der Waals surface area contributed by atoms with Crippen molar-refractivity contribution in [1.29, 1.82) is 0 Å². The van der Waals surface area contributed by atoms with Crippen molar-refractivity contribution in [2.45, 2.75) is 25.7 Å². The number of nitrogens with zero attached hydrogens (tertiary/aromatic N) is 2. The lowest BCUT2D eigenvalue weighted by Crippen LogP contribution is -2.47. The van der Waals surface area contributed by atoms with Crippen LogP contribution in [0, 0.1) is 5.92 Å². The fourth-order valence-electron chi connectivity index (χ4n) is 3.10. The second-order valence-electron chi connectivity index (χ2n) is 6.34. The minimum atomic E-state index is -0.214. The summed E-state index contributed by atoms with van der Waals surface area (Å²) in [5, 5.41) is 5.14. The smallest absolute Gasteiger partial charge is 0.248 e. The molecule has 0 atom stereocenters. The number of carbonyl (C=O) groups excluding carboxylic acids is 3. The zero-order chi connectivity index (χ0) is 17.6. The number of amides is 3. The number of aliphatic imine (C=N–C) groups is 1. The molecule has 0 radical (unpaired) electrons. The Labute approximate surface area is 146 Å². The summed E-state index contributed by atoms with van der Waals surface area (Å²) in [5.74, 6) is -0.142. The summed E-state index contributed by atoms with van der Waals surface area (Å²) in [6.07, 6.45) is 2.48. The molecule has 1 aromatic rings. The van der Waals surface area contributed by atoms with Crippen LogP contribution in [0.3, 0.4) is 0 Å². The summed E-state index contributed by atoms with van der Waals surface area (Å²) < 4.78 is 0. The quantitative estimate of drug-likeness (QED) is 0.833. The standard InChI is InChI=1S/C18H22N4O3/c23-15-12-19-18(20-15)21-17(25)14-8-10-22(11-9-14)16(24)7-6-13-4-2-1-3-5-13/h1-5,14H,6-12H2,(H2,19,20,21,23,25). The number of nitrogens with one attached hydrogen (secondary N) is 2. The molecule has 1 fully saturated rings. The lowest BCUT2D eigenvalue weighted by atomic mass is 9.95. The third kappa shape index (κ3) is 4.65. The third-order valence-corrected chi connectivity index (χ3v) is 4.57. The van der Waals surface area contributed by atoms with E-state index >= 15 is 0 Å². The first kappa shape index (κ1) is 17.1. The van der Waals surface area contributed by atoms with Crippen LogP contribution in [0.5, 0.6) is 0 Å². The Balaban J connectivity index is 1.41. The number of hydrogen-bond acceptors (Lipinski definition) is 4. The highest BCUT2D eigenvalue weighted by Crippen LogP contribution is 2.18. The summed E-state index contributed by atoms with van der Waals surface area (Å²) in [6.45, 7) is 1.24. The molecule has 7 heteroatoms. The Morgan fingerprint density at radius 2 is 1.92 bits per heavy atom. The van der Waals surface area contributed by atoms with Crippen LogP contribution in [-0.4, -0.2) is 48.2 Å². The zero-order valence-electron chi connectivity index (χ0n) is 14.0. The minimum Gasteiger partial charge on any atom is -0.343 e. The van der Waals surface area contributed by atoms with Gasteiger partial charge in [0.1, 0.15) is 6.54 Å². The molecule has 2 aliphatic rings. The van der Waals surface area contributed by atoms with Crippen LogP contribution in [0.15, 0.2) is 35.3 Å². The molecule has 0 bridgehead atoms. The Kier molecular flexibility index (Phi) is 5.42. The monoisotopic (exact) mass is 342 g/mol. The SMILES string of the molecule is O=C1CN=C(NC(=O)C2CCN(C(=O)CCc3ccccc3)CC2)N1. The van der Waals surface area contributed by atoms with Crippen molar-refractivity contribution in [3.05, 3.63) is 35.9 Å². The number of likely N-dealkylation sites (tertiary alicyclic amines) is 1. The van der Waals surface area contributed by atoms with E-state index < -0.39 is 0 Å². The molecule has 132 valence electrons. The molecule has 3 rings (SSSR count). The molecule has 0 saturated carbocycles. The Bertz CT molecular complexity index is 679. The van der Waals surface area contributed by atoms with Crippen molar-refractivity contribution in [2.75, 3.05) is 19.6 Å². The molecule has 0 aliphatic carbocycles. The fraction of sp³-hybridized carbons (Fsp3) is 0.444. The molecule has 25 heavy (non-hydrogen) atoms. The molecule has 0 aromatic heterocycles. The molecular formula is C18H22N4O3. The normalized spacial score (nSPS) is 17.8. The number of aryl methyl sites for hydroxylation is 1. The first-order chi connectivity index (χ1) is 12.1. The predicted molar refractivity (Wildman–Crippen MR) is 92.7 cm³/mol. The van der Waals surface area contributed by atoms with E-state index in [0.29, 0.717) is 32.4 Å². The van der Waals surface area contributed by atoms with Crippen molar-refractivity contribution in [1.82, 2.24) is 15.5 Å². The van der Waals surface area contributed by atoms with E-state index in [4.69, 9.17) is 0 Å². The number of hydrogen-bond donors (Lipinski definition) is 2. The summed E-state index contributed by atoms with van der Waals surface area (Å²) in [6, 6.07) is 9.95. The van der Waals surface area contributed by atoms with Crippen molar-refractivity contribution in [2.24, 2.45) is 10.9 Å². The first-order valence-electron chi connectivity index (χ1n) is 8.58. The molecule has 0 spiro atoms. The van der Waals surface area contributed by atoms with Crippen LogP contribution >= 0.6 is 0 Å². The summed E-state index contributed by atoms with van der Waals surface area (Å²) >= 11 is 0. The van der Waals surface area contributed by atoms with E-state index in [1.165, 1.54) is 0 Å². The molecular weight excluding hydrogens is 320 g/mol. The van der Waals surface area contributed by atoms with E-state index in [9.17, 15) is 14.4 Å². The van der Waals surface area contributed by atoms with Gasteiger partial charge in [-0.3, -0.25) is 25.0 Å². The van der Waals surface area contributed by atoms with Gasteiger partial charge in [0.2, 0.25) is 23.7 Å². The number of rotatable bonds is 4. The van der Waals surface area contributed by atoms with Gasteiger partial charge in [0.15, 0.2) is 0 Å². The highest BCUT2D eigenvalue weighted by Gasteiger charge is 2.28. The highest BCUT2D eigenvalue weighted by atomic mass is 16.2. The lowest BCUT2D eigenvalue weighted by molar-refractivity contribution is -0.135. The van der Waals surface area contributed by atoms with Gasteiger partial charge in [0.05, 0.1) is 0 Å². The van der Waals surface area contributed by atoms with Crippen molar-refractivity contribution in [3.63, 3.8) is 0 Å². The van der Waals surface area contributed by atoms with Crippen LogP contribution in [-0.2, 0) is 20.8 Å². The van der Waals surface area contributed by atoms with Gasteiger partial charge in [0, 0.05) is 25.4 Å². The second kappa shape index (κ2) is 7.92. The topological polar surface area (TPSA) is 90.9 Å². The van der Waals surface area contributed by atoms with Gasteiger partial charge in [-0.2, -0.15) is 0 Å². The third-order valence-electron chi connectivity index (χ3n) is 4.57. The highest BCUT2D eigenvalue weighted by molar-refractivity contribution is 6.09. The Morgan fingerprint density at radius 3 is 2.56 bits per heavy atom. The summed E-state index contributed by atoms with van der Waals surface area (Å²) in [4.78, 5) is 41.3.